The number of aryl methyl sites for hydroxylation is 2. The van der Waals surface area contributed by atoms with Gasteiger partial charge in [0.15, 0.2) is 0 Å². The molecule has 1 heterocycles. The minimum absolute atomic E-state index is 0. The Balaban J connectivity index is 0.00000220. The first-order valence-corrected chi connectivity index (χ1v) is 7.47. The highest BCUT2D eigenvalue weighted by Gasteiger charge is 2.29. The molecule has 1 aromatic rings. The summed E-state index contributed by atoms with van der Waals surface area (Å²) in [5, 5.41) is 3.47. The van der Waals surface area contributed by atoms with E-state index in [1.165, 1.54) is 23.1 Å². The fourth-order valence-corrected chi connectivity index (χ4v) is 3.48. The van der Waals surface area contributed by atoms with Crippen molar-refractivity contribution in [3.05, 3.63) is 28.8 Å². The molecule has 0 radical (unpaired) electrons. The summed E-state index contributed by atoms with van der Waals surface area (Å²) in [6, 6.07) is 4.50. The van der Waals surface area contributed by atoms with Gasteiger partial charge in [-0.1, -0.05) is 19.1 Å². The van der Waals surface area contributed by atoms with E-state index >= 15 is 0 Å². The van der Waals surface area contributed by atoms with Crippen LogP contribution in [0.25, 0.3) is 0 Å². The SMILES string of the molecule is COc1c(C)cc(CN(C)CC2(C)CCNC2)cc1C.Cl. The second kappa shape index (κ2) is 7.48. The predicted octanol–water partition coefficient (Wildman–Crippen LogP) is 3.17. The Morgan fingerprint density at radius 2 is 1.90 bits per heavy atom. The van der Waals surface area contributed by atoms with Crippen LogP contribution < -0.4 is 10.1 Å². The molecule has 21 heavy (non-hydrogen) atoms. The summed E-state index contributed by atoms with van der Waals surface area (Å²) in [6.45, 7) is 11.1. The first kappa shape index (κ1) is 18.3. The zero-order chi connectivity index (χ0) is 14.8. The lowest BCUT2D eigenvalue weighted by Crippen LogP contribution is -2.34. The van der Waals surface area contributed by atoms with Gasteiger partial charge in [0, 0.05) is 19.6 Å². The van der Waals surface area contributed by atoms with Gasteiger partial charge in [-0.05, 0) is 56.0 Å². The van der Waals surface area contributed by atoms with Crippen LogP contribution in [0.1, 0.15) is 30.0 Å². The lowest BCUT2D eigenvalue weighted by Gasteiger charge is -2.29. The normalized spacial score (nSPS) is 21.4. The van der Waals surface area contributed by atoms with Crippen LogP contribution in [0.15, 0.2) is 12.1 Å². The summed E-state index contributed by atoms with van der Waals surface area (Å²) in [5.41, 5.74) is 4.25. The summed E-state index contributed by atoms with van der Waals surface area (Å²) >= 11 is 0. The van der Waals surface area contributed by atoms with Gasteiger partial charge < -0.3 is 15.0 Å². The van der Waals surface area contributed by atoms with Crippen LogP contribution in [0, 0.1) is 19.3 Å². The van der Waals surface area contributed by atoms with Crippen molar-refractivity contribution in [2.75, 3.05) is 33.8 Å². The summed E-state index contributed by atoms with van der Waals surface area (Å²) in [4.78, 5) is 2.44. The highest BCUT2D eigenvalue weighted by molar-refractivity contribution is 5.85. The van der Waals surface area contributed by atoms with Gasteiger partial charge in [-0.2, -0.15) is 0 Å². The van der Waals surface area contributed by atoms with Crippen molar-refractivity contribution >= 4 is 12.4 Å². The maximum absolute atomic E-state index is 5.44. The molecule has 2 rings (SSSR count). The second-order valence-electron chi connectivity index (χ2n) is 6.67. The molecule has 1 atom stereocenters. The van der Waals surface area contributed by atoms with E-state index in [0.29, 0.717) is 5.41 Å². The molecular weight excluding hydrogens is 284 g/mol. The van der Waals surface area contributed by atoms with Crippen molar-refractivity contribution in [3.63, 3.8) is 0 Å². The van der Waals surface area contributed by atoms with Crippen molar-refractivity contribution in [2.24, 2.45) is 5.41 Å². The number of nitrogens with zero attached hydrogens (tertiary/aromatic N) is 1. The van der Waals surface area contributed by atoms with Crippen molar-refractivity contribution in [1.29, 1.82) is 0 Å². The van der Waals surface area contributed by atoms with Crippen molar-refractivity contribution in [3.8, 4) is 5.75 Å². The smallest absolute Gasteiger partial charge is 0.124 e. The molecule has 1 aliphatic rings. The number of ether oxygens (including phenoxy) is 1. The summed E-state index contributed by atoms with van der Waals surface area (Å²) in [7, 11) is 3.97. The van der Waals surface area contributed by atoms with Gasteiger partial charge in [-0.3, -0.25) is 0 Å². The Morgan fingerprint density at radius 3 is 2.38 bits per heavy atom. The molecule has 4 heteroatoms. The lowest BCUT2D eigenvalue weighted by molar-refractivity contribution is 0.203. The van der Waals surface area contributed by atoms with Crippen LogP contribution >= 0.6 is 12.4 Å². The minimum atomic E-state index is 0. The molecule has 0 saturated carbocycles. The van der Waals surface area contributed by atoms with Crippen LogP contribution in [-0.2, 0) is 6.54 Å². The molecule has 0 aliphatic carbocycles. The van der Waals surface area contributed by atoms with Crippen LogP contribution in [0.5, 0.6) is 5.75 Å². The van der Waals surface area contributed by atoms with Gasteiger partial charge in [-0.15, -0.1) is 12.4 Å². The van der Waals surface area contributed by atoms with E-state index in [2.05, 4.69) is 50.2 Å². The van der Waals surface area contributed by atoms with E-state index in [0.717, 1.165) is 31.9 Å². The summed E-state index contributed by atoms with van der Waals surface area (Å²) < 4.78 is 5.44. The third-order valence-electron chi connectivity index (χ3n) is 4.29. The second-order valence-corrected chi connectivity index (χ2v) is 6.67. The third kappa shape index (κ3) is 4.60. The van der Waals surface area contributed by atoms with Gasteiger partial charge in [0.05, 0.1) is 7.11 Å². The van der Waals surface area contributed by atoms with E-state index in [1.54, 1.807) is 7.11 Å². The molecule has 0 bridgehead atoms. The monoisotopic (exact) mass is 312 g/mol. The molecule has 3 nitrogen and oxygen atoms in total. The Labute approximate surface area is 135 Å². The third-order valence-corrected chi connectivity index (χ3v) is 4.29. The van der Waals surface area contributed by atoms with Gasteiger partial charge in [-0.25, -0.2) is 0 Å². The van der Waals surface area contributed by atoms with E-state index in [9.17, 15) is 0 Å². The van der Waals surface area contributed by atoms with Gasteiger partial charge in [0.2, 0.25) is 0 Å². The maximum Gasteiger partial charge on any atom is 0.124 e. The minimum Gasteiger partial charge on any atom is -0.496 e. The number of hydrogen-bond acceptors (Lipinski definition) is 3. The van der Waals surface area contributed by atoms with E-state index in [1.807, 2.05) is 0 Å². The Morgan fingerprint density at radius 1 is 1.29 bits per heavy atom. The van der Waals surface area contributed by atoms with Gasteiger partial charge in [0.25, 0.3) is 0 Å². The first-order valence-electron chi connectivity index (χ1n) is 7.47. The molecule has 0 amide bonds. The van der Waals surface area contributed by atoms with Crippen LogP contribution in [0.2, 0.25) is 0 Å². The molecule has 1 N–H and O–H groups in total. The zero-order valence-corrected chi connectivity index (χ0v) is 14.8. The zero-order valence-electron chi connectivity index (χ0n) is 14.0. The number of rotatable bonds is 5. The fraction of sp³-hybridized carbons (Fsp3) is 0.647. The molecule has 1 unspecified atom stereocenters. The Bertz CT molecular complexity index is 447. The largest absolute Gasteiger partial charge is 0.496 e. The quantitative estimate of drug-likeness (QED) is 0.904. The number of nitrogens with one attached hydrogen (secondary N) is 1. The van der Waals surface area contributed by atoms with E-state index in [-0.39, 0.29) is 12.4 Å². The topological polar surface area (TPSA) is 24.5 Å². The molecule has 1 aliphatic heterocycles. The van der Waals surface area contributed by atoms with Gasteiger partial charge in [0.1, 0.15) is 5.75 Å². The first-order chi connectivity index (χ1) is 9.43. The molecule has 0 aromatic heterocycles. The number of halogens is 1. The average molecular weight is 313 g/mol. The molecule has 1 aromatic carbocycles. The summed E-state index contributed by atoms with van der Waals surface area (Å²) in [5.74, 6) is 1.02. The highest BCUT2D eigenvalue weighted by atomic mass is 35.5. The van der Waals surface area contributed by atoms with Gasteiger partial charge >= 0.3 is 0 Å². The van der Waals surface area contributed by atoms with Crippen LogP contribution in [0.4, 0.5) is 0 Å². The predicted molar refractivity (Wildman–Crippen MR) is 91.6 cm³/mol. The standard InChI is InChI=1S/C17H28N2O.ClH/c1-13-8-15(9-14(2)16(13)20-5)10-19(4)12-17(3)6-7-18-11-17;/h8-9,18H,6-7,10-12H2,1-5H3;1H. The van der Waals surface area contributed by atoms with Crippen molar-refractivity contribution in [1.82, 2.24) is 10.2 Å². The lowest BCUT2D eigenvalue weighted by atomic mass is 9.89. The Hall–Kier alpha value is -0.770. The molecule has 0 spiro atoms. The molecular formula is C17H29ClN2O. The molecule has 1 saturated heterocycles. The van der Waals surface area contributed by atoms with Crippen molar-refractivity contribution in [2.45, 2.75) is 33.7 Å². The Kier molecular flexibility index (Phi) is 6.51. The fourth-order valence-electron chi connectivity index (χ4n) is 3.48. The van der Waals surface area contributed by atoms with E-state index < -0.39 is 0 Å². The molecule has 1 fully saturated rings. The van der Waals surface area contributed by atoms with E-state index in [4.69, 9.17) is 4.74 Å². The van der Waals surface area contributed by atoms with Crippen molar-refractivity contribution < 1.29 is 4.74 Å². The number of hydrogen-bond donors (Lipinski definition) is 1. The number of methoxy groups -OCH3 is 1. The summed E-state index contributed by atoms with van der Waals surface area (Å²) in [6.07, 6.45) is 1.28. The van der Waals surface area contributed by atoms with Crippen LogP contribution in [0.3, 0.4) is 0 Å². The number of benzene rings is 1. The molecule has 120 valence electrons. The highest BCUT2D eigenvalue weighted by Crippen LogP contribution is 2.27. The van der Waals surface area contributed by atoms with Crippen LogP contribution in [-0.4, -0.2) is 38.7 Å². The average Bonchev–Trinajstić information content (AvgIpc) is 2.74. The maximum atomic E-state index is 5.44.